The van der Waals surface area contributed by atoms with E-state index in [1.807, 2.05) is 5.43 Å². The summed E-state index contributed by atoms with van der Waals surface area (Å²) in [6, 6.07) is 5.05. The molecule has 2 aromatic rings. The van der Waals surface area contributed by atoms with Crippen molar-refractivity contribution in [3.05, 3.63) is 53.3 Å². The molecule has 0 radical (unpaired) electrons. The van der Waals surface area contributed by atoms with Gasteiger partial charge in [-0.25, -0.2) is 21.6 Å². The van der Waals surface area contributed by atoms with Crippen LogP contribution in [0.5, 0.6) is 11.5 Å². The number of amides is 1. The van der Waals surface area contributed by atoms with Gasteiger partial charge in [0.05, 0.1) is 14.2 Å². The lowest BCUT2D eigenvalue weighted by molar-refractivity contribution is 0.0944. The maximum atomic E-state index is 13.6. The van der Waals surface area contributed by atoms with Crippen molar-refractivity contribution >= 4 is 15.9 Å². The summed E-state index contributed by atoms with van der Waals surface area (Å²) in [5.41, 5.74) is 1.80. The number of hydrogen-bond donors (Lipinski definition) is 2. The molecule has 0 saturated carbocycles. The highest BCUT2D eigenvalue weighted by atomic mass is 32.2. The summed E-state index contributed by atoms with van der Waals surface area (Å²) >= 11 is 0. The minimum Gasteiger partial charge on any atom is -0.497 e. The Balaban J connectivity index is 2.22. The lowest BCUT2D eigenvalue weighted by Gasteiger charge is -2.11. The maximum Gasteiger partial charge on any atom is 0.266 e. The van der Waals surface area contributed by atoms with E-state index in [0.29, 0.717) is 12.1 Å². The van der Waals surface area contributed by atoms with E-state index in [1.165, 1.54) is 32.4 Å². The van der Waals surface area contributed by atoms with Gasteiger partial charge in [0.15, 0.2) is 17.5 Å². The number of benzene rings is 2. The van der Waals surface area contributed by atoms with Gasteiger partial charge in [-0.15, -0.1) is 4.83 Å². The van der Waals surface area contributed by atoms with Gasteiger partial charge in [-0.3, -0.25) is 10.2 Å². The van der Waals surface area contributed by atoms with Crippen LogP contribution in [0, 0.1) is 17.5 Å². The molecule has 0 aliphatic heterocycles. The van der Waals surface area contributed by atoms with Gasteiger partial charge in [-0.2, -0.15) is 0 Å². The first-order chi connectivity index (χ1) is 12.2. The zero-order valence-electron chi connectivity index (χ0n) is 13.5. The lowest BCUT2D eigenvalue weighted by Crippen LogP contribution is -2.41. The number of hydrazine groups is 1. The average molecular weight is 390 g/mol. The van der Waals surface area contributed by atoms with E-state index in [1.54, 1.807) is 4.83 Å². The summed E-state index contributed by atoms with van der Waals surface area (Å²) in [5, 5.41) is 0. The molecule has 26 heavy (non-hydrogen) atoms. The normalized spacial score (nSPS) is 11.1. The number of nitrogens with one attached hydrogen (secondary N) is 2. The monoisotopic (exact) mass is 390 g/mol. The highest BCUT2D eigenvalue weighted by Crippen LogP contribution is 2.22. The van der Waals surface area contributed by atoms with Crippen LogP contribution in [0.2, 0.25) is 0 Å². The molecule has 2 N–H and O–H groups in total. The average Bonchev–Trinajstić information content (AvgIpc) is 2.63. The summed E-state index contributed by atoms with van der Waals surface area (Å²) in [4.78, 5) is 12.5. The van der Waals surface area contributed by atoms with E-state index in [2.05, 4.69) is 0 Å². The zero-order chi connectivity index (χ0) is 19.5. The molecule has 0 unspecified atom stereocenters. The van der Waals surface area contributed by atoms with Gasteiger partial charge in [-0.1, -0.05) is 0 Å². The maximum absolute atomic E-state index is 13.6. The Labute approximate surface area is 146 Å². The Morgan fingerprint density at radius 1 is 0.962 bits per heavy atom. The predicted octanol–water partition coefficient (Wildman–Crippen LogP) is 1.74. The molecule has 7 nitrogen and oxygen atoms in total. The second kappa shape index (κ2) is 7.62. The van der Waals surface area contributed by atoms with Crippen molar-refractivity contribution in [2.45, 2.75) is 4.90 Å². The van der Waals surface area contributed by atoms with Crippen molar-refractivity contribution in [3.63, 3.8) is 0 Å². The van der Waals surface area contributed by atoms with Crippen LogP contribution in [0.1, 0.15) is 10.4 Å². The number of sulfonamides is 1. The molecule has 0 bridgehead atoms. The second-order valence-corrected chi connectivity index (χ2v) is 6.49. The molecule has 1 amide bonds. The predicted molar refractivity (Wildman–Crippen MR) is 83.6 cm³/mol. The molecule has 0 aromatic heterocycles. The lowest BCUT2D eigenvalue weighted by atomic mass is 10.2. The van der Waals surface area contributed by atoms with E-state index < -0.39 is 38.3 Å². The summed E-state index contributed by atoms with van der Waals surface area (Å²) in [5.74, 6) is -5.79. The number of ether oxygens (including phenoxy) is 2. The van der Waals surface area contributed by atoms with Crippen molar-refractivity contribution in [2.24, 2.45) is 0 Å². The Morgan fingerprint density at radius 2 is 1.54 bits per heavy atom. The largest absolute Gasteiger partial charge is 0.497 e. The molecule has 140 valence electrons. The van der Waals surface area contributed by atoms with Crippen molar-refractivity contribution in [1.29, 1.82) is 0 Å². The van der Waals surface area contributed by atoms with Crippen LogP contribution < -0.4 is 19.7 Å². The third kappa shape index (κ3) is 4.06. The van der Waals surface area contributed by atoms with Gasteiger partial charge in [0.25, 0.3) is 15.9 Å². The van der Waals surface area contributed by atoms with Gasteiger partial charge < -0.3 is 9.47 Å². The van der Waals surface area contributed by atoms with Gasteiger partial charge in [-0.05, 0) is 24.3 Å². The molecular weight excluding hydrogens is 377 g/mol. The van der Waals surface area contributed by atoms with Gasteiger partial charge in [0.1, 0.15) is 16.4 Å². The van der Waals surface area contributed by atoms with Crippen LogP contribution >= 0.6 is 0 Å². The van der Waals surface area contributed by atoms with Crippen molar-refractivity contribution in [2.75, 3.05) is 14.2 Å². The number of rotatable bonds is 6. The molecule has 11 heteroatoms. The SMILES string of the molecule is COc1cc(OC)cc(C(=O)NNS(=O)(=O)c2ccc(F)c(F)c2F)c1. The molecule has 0 heterocycles. The van der Waals surface area contributed by atoms with Gasteiger partial charge in [0.2, 0.25) is 0 Å². The number of halogens is 3. The number of carbonyl (C=O) groups is 1. The van der Waals surface area contributed by atoms with Crippen molar-refractivity contribution < 1.29 is 35.9 Å². The summed E-state index contributed by atoms with van der Waals surface area (Å²) in [6.45, 7) is 0. The van der Waals surface area contributed by atoms with Crippen LogP contribution in [0.3, 0.4) is 0 Å². The fourth-order valence-corrected chi connectivity index (χ4v) is 2.80. The molecule has 0 saturated heterocycles. The standard InChI is InChI=1S/C15H13F3N2O5S/c1-24-9-5-8(6-10(7-9)25-2)15(21)19-20-26(22,23)12-4-3-11(16)13(17)14(12)18/h3-7,20H,1-2H3,(H,19,21). The number of methoxy groups -OCH3 is 2. The van der Waals surface area contributed by atoms with Crippen LogP contribution in [-0.4, -0.2) is 28.5 Å². The summed E-state index contributed by atoms with van der Waals surface area (Å²) < 4.78 is 73.7. The van der Waals surface area contributed by atoms with Crippen molar-refractivity contribution in [3.8, 4) is 11.5 Å². The first-order valence-corrected chi connectivity index (χ1v) is 8.36. The minimum absolute atomic E-state index is 0.0327. The molecule has 0 fully saturated rings. The van der Waals surface area contributed by atoms with E-state index >= 15 is 0 Å². The number of hydrogen-bond acceptors (Lipinski definition) is 5. The fourth-order valence-electron chi connectivity index (χ4n) is 1.89. The van der Waals surface area contributed by atoms with Crippen LogP contribution in [0.15, 0.2) is 35.2 Å². The molecule has 0 aliphatic carbocycles. The Kier molecular flexibility index (Phi) is 5.73. The third-order valence-electron chi connectivity index (χ3n) is 3.20. The molecule has 2 rings (SSSR count). The summed E-state index contributed by atoms with van der Waals surface area (Å²) in [7, 11) is -1.99. The van der Waals surface area contributed by atoms with E-state index in [-0.39, 0.29) is 17.1 Å². The Hall–Kier alpha value is -2.79. The minimum atomic E-state index is -4.69. The van der Waals surface area contributed by atoms with Crippen LogP contribution in [0.25, 0.3) is 0 Å². The van der Waals surface area contributed by atoms with E-state index in [0.717, 1.165) is 0 Å². The molecule has 0 spiro atoms. The highest BCUT2D eigenvalue weighted by Gasteiger charge is 2.24. The van der Waals surface area contributed by atoms with E-state index in [9.17, 15) is 26.4 Å². The first-order valence-electron chi connectivity index (χ1n) is 6.88. The quantitative estimate of drug-likeness (QED) is 0.579. The molecule has 0 aliphatic rings. The van der Waals surface area contributed by atoms with E-state index in [4.69, 9.17) is 9.47 Å². The molecule has 2 aromatic carbocycles. The van der Waals surface area contributed by atoms with Crippen LogP contribution in [-0.2, 0) is 10.0 Å². The Morgan fingerprint density at radius 3 is 2.08 bits per heavy atom. The second-order valence-electron chi connectivity index (χ2n) is 4.83. The first kappa shape index (κ1) is 19.5. The smallest absolute Gasteiger partial charge is 0.266 e. The van der Waals surface area contributed by atoms with Crippen molar-refractivity contribution in [1.82, 2.24) is 10.3 Å². The number of carbonyl (C=O) groups excluding carboxylic acids is 1. The fraction of sp³-hybridized carbons (Fsp3) is 0.133. The topological polar surface area (TPSA) is 93.7 Å². The van der Waals surface area contributed by atoms with Gasteiger partial charge >= 0.3 is 0 Å². The highest BCUT2D eigenvalue weighted by molar-refractivity contribution is 7.89. The Bertz CT molecular complexity index is 928. The summed E-state index contributed by atoms with van der Waals surface area (Å²) in [6.07, 6.45) is 0. The molecular formula is C15H13F3N2O5S. The zero-order valence-corrected chi connectivity index (χ0v) is 14.3. The van der Waals surface area contributed by atoms with Crippen LogP contribution in [0.4, 0.5) is 13.2 Å². The molecule has 0 atom stereocenters. The van der Waals surface area contributed by atoms with Gasteiger partial charge in [0, 0.05) is 11.6 Å². The third-order valence-corrected chi connectivity index (χ3v) is 4.47.